The van der Waals surface area contributed by atoms with Gasteiger partial charge >= 0.3 is 0 Å². The highest BCUT2D eigenvalue weighted by atomic mass is 14.6. The van der Waals surface area contributed by atoms with Crippen LogP contribution >= 0.6 is 0 Å². The molecule has 0 saturated carbocycles. The van der Waals surface area contributed by atoms with Crippen LogP contribution < -0.4 is 0 Å². The molecule has 0 fully saturated rings. The quantitative estimate of drug-likeness (QED) is 0.598. The fourth-order valence-corrected chi connectivity index (χ4v) is 4.26. The van der Waals surface area contributed by atoms with Gasteiger partial charge in [0.2, 0.25) is 0 Å². The molecule has 3 aromatic rings. The Morgan fingerprint density at radius 3 is 1.14 bits per heavy atom. The molecule has 0 nitrogen and oxygen atoms in total. The number of rotatable bonds is 2. The Kier molecular flexibility index (Phi) is 2.77. The molecule has 0 aliphatic heterocycles. The van der Waals surface area contributed by atoms with Gasteiger partial charge in [0.1, 0.15) is 0 Å². The van der Waals surface area contributed by atoms with E-state index in [0.717, 1.165) is 0 Å². The lowest BCUT2D eigenvalue weighted by atomic mass is 9.44. The van der Waals surface area contributed by atoms with Crippen LogP contribution in [0, 0.1) is 0 Å². The van der Waals surface area contributed by atoms with Crippen molar-refractivity contribution in [3.8, 4) is 0 Å². The first-order valence-electron chi connectivity index (χ1n) is 7.90. The van der Waals surface area contributed by atoms with E-state index in [1.807, 2.05) is 0 Å². The Hall–Kier alpha value is -2.34. The van der Waals surface area contributed by atoms with Crippen molar-refractivity contribution in [3.63, 3.8) is 0 Å². The molecule has 4 rings (SSSR count). The van der Waals surface area contributed by atoms with Crippen molar-refractivity contribution in [2.75, 3.05) is 0 Å². The van der Waals surface area contributed by atoms with Crippen molar-refractivity contribution < 1.29 is 0 Å². The number of benzene rings is 3. The second-order valence-electron chi connectivity index (χ2n) is 6.53. The van der Waals surface area contributed by atoms with Crippen LogP contribution in [0.5, 0.6) is 0 Å². The van der Waals surface area contributed by atoms with Crippen LogP contribution in [-0.4, -0.2) is 0 Å². The predicted molar refractivity (Wildman–Crippen MR) is 92.2 cm³/mol. The predicted octanol–water partition coefficient (Wildman–Crippen LogP) is 5.31. The summed E-state index contributed by atoms with van der Waals surface area (Å²) in [6, 6.07) is 30.7. The standard InChI is InChI=1S/C22H20/c1-21(17-11-5-3-6-12-17)19-15-9-10-16-20(19)22(21,2)18-13-7-4-8-14-18/h3-16H,1-2H3/t21-,22-/m1/s1. The molecule has 0 heteroatoms. The molecule has 1 aliphatic carbocycles. The first-order valence-corrected chi connectivity index (χ1v) is 7.90. The summed E-state index contributed by atoms with van der Waals surface area (Å²) in [5.74, 6) is 0. The third kappa shape index (κ3) is 1.47. The van der Waals surface area contributed by atoms with Crippen LogP contribution in [0.3, 0.4) is 0 Å². The molecule has 2 atom stereocenters. The highest BCUT2D eigenvalue weighted by molar-refractivity contribution is 5.65. The largest absolute Gasteiger partial charge is 0.0622 e. The molecule has 0 heterocycles. The molecule has 108 valence electrons. The van der Waals surface area contributed by atoms with E-state index < -0.39 is 0 Å². The van der Waals surface area contributed by atoms with Crippen molar-refractivity contribution in [2.24, 2.45) is 0 Å². The van der Waals surface area contributed by atoms with Gasteiger partial charge in [0.05, 0.1) is 0 Å². The van der Waals surface area contributed by atoms with Gasteiger partial charge in [0.25, 0.3) is 0 Å². The fourth-order valence-electron chi connectivity index (χ4n) is 4.26. The van der Waals surface area contributed by atoms with E-state index in [1.54, 1.807) is 0 Å². The van der Waals surface area contributed by atoms with Crippen LogP contribution in [0.1, 0.15) is 36.1 Å². The number of hydrogen-bond donors (Lipinski definition) is 0. The summed E-state index contributed by atoms with van der Waals surface area (Å²) in [4.78, 5) is 0. The fraction of sp³-hybridized carbons (Fsp3) is 0.182. The Balaban J connectivity index is 2.01. The SMILES string of the molecule is C[C@@]1(c2ccccc2)c2ccccc2[C@@]1(C)c1ccccc1. The summed E-state index contributed by atoms with van der Waals surface area (Å²) in [6.07, 6.45) is 0. The van der Waals surface area contributed by atoms with Crippen molar-refractivity contribution in [2.45, 2.75) is 24.7 Å². The molecule has 0 N–H and O–H groups in total. The molecule has 0 saturated heterocycles. The monoisotopic (exact) mass is 284 g/mol. The second kappa shape index (κ2) is 4.58. The topological polar surface area (TPSA) is 0 Å². The summed E-state index contributed by atoms with van der Waals surface area (Å²) < 4.78 is 0. The molecule has 0 spiro atoms. The molecular formula is C22H20. The van der Waals surface area contributed by atoms with Gasteiger partial charge in [-0.3, -0.25) is 0 Å². The van der Waals surface area contributed by atoms with Crippen molar-refractivity contribution >= 4 is 0 Å². The highest BCUT2D eigenvalue weighted by Gasteiger charge is 2.58. The zero-order chi connectivity index (χ0) is 15.2. The molecule has 3 aromatic carbocycles. The third-order valence-corrected chi connectivity index (χ3v) is 5.71. The number of fused-ring (bicyclic) bond motifs is 1. The lowest BCUT2D eigenvalue weighted by Crippen LogP contribution is -2.56. The third-order valence-electron chi connectivity index (χ3n) is 5.71. The van der Waals surface area contributed by atoms with Gasteiger partial charge in [-0.05, 0) is 22.3 Å². The zero-order valence-electron chi connectivity index (χ0n) is 13.1. The Bertz CT molecular complexity index is 733. The van der Waals surface area contributed by atoms with E-state index in [1.165, 1.54) is 22.3 Å². The Morgan fingerprint density at radius 2 is 0.773 bits per heavy atom. The maximum Gasteiger partial charge on any atom is 0.0312 e. The van der Waals surface area contributed by atoms with E-state index in [-0.39, 0.29) is 10.8 Å². The Labute approximate surface area is 132 Å². The van der Waals surface area contributed by atoms with Crippen molar-refractivity contribution in [1.82, 2.24) is 0 Å². The molecule has 0 bridgehead atoms. The van der Waals surface area contributed by atoms with Gasteiger partial charge in [-0.2, -0.15) is 0 Å². The van der Waals surface area contributed by atoms with Crippen molar-refractivity contribution in [3.05, 3.63) is 107 Å². The lowest BCUT2D eigenvalue weighted by molar-refractivity contribution is 0.296. The first-order chi connectivity index (χ1) is 10.7. The van der Waals surface area contributed by atoms with E-state index in [4.69, 9.17) is 0 Å². The molecular weight excluding hydrogens is 264 g/mol. The van der Waals surface area contributed by atoms with E-state index in [0.29, 0.717) is 0 Å². The normalized spacial score (nSPS) is 26.1. The minimum atomic E-state index is 0.00616. The molecule has 0 amide bonds. The zero-order valence-corrected chi connectivity index (χ0v) is 13.1. The average molecular weight is 284 g/mol. The maximum absolute atomic E-state index is 2.39. The van der Waals surface area contributed by atoms with E-state index >= 15 is 0 Å². The molecule has 0 radical (unpaired) electrons. The van der Waals surface area contributed by atoms with Gasteiger partial charge < -0.3 is 0 Å². The van der Waals surface area contributed by atoms with Gasteiger partial charge in [0, 0.05) is 10.8 Å². The Morgan fingerprint density at radius 1 is 0.455 bits per heavy atom. The van der Waals surface area contributed by atoms with Crippen LogP contribution in [0.25, 0.3) is 0 Å². The molecule has 1 aliphatic rings. The summed E-state index contributed by atoms with van der Waals surface area (Å²) in [6.45, 7) is 4.77. The summed E-state index contributed by atoms with van der Waals surface area (Å²) in [5, 5.41) is 0. The molecule has 0 unspecified atom stereocenters. The molecule has 22 heavy (non-hydrogen) atoms. The summed E-state index contributed by atoms with van der Waals surface area (Å²) >= 11 is 0. The smallest absolute Gasteiger partial charge is 0.0312 e. The van der Waals surface area contributed by atoms with Crippen molar-refractivity contribution in [1.29, 1.82) is 0 Å². The first kappa shape index (κ1) is 13.3. The minimum Gasteiger partial charge on any atom is -0.0622 e. The van der Waals surface area contributed by atoms with Crippen LogP contribution in [0.2, 0.25) is 0 Å². The average Bonchev–Trinajstić information content (AvgIpc) is 2.62. The highest BCUT2D eigenvalue weighted by Crippen LogP contribution is 2.62. The van der Waals surface area contributed by atoms with E-state index in [9.17, 15) is 0 Å². The van der Waals surface area contributed by atoms with Gasteiger partial charge in [-0.15, -0.1) is 0 Å². The van der Waals surface area contributed by atoms with Crippen LogP contribution in [0.15, 0.2) is 84.9 Å². The van der Waals surface area contributed by atoms with Gasteiger partial charge in [-0.25, -0.2) is 0 Å². The van der Waals surface area contributed by atoms with Gasteiger partial charge in [0.15, 0.2) is 0 Å². The summed E-state index contributed by atoms with van der Waals surface area (Å²) in [7, 11) is 0. The summed E-state index contributed by atoms with van der Waals surface area (Å²) in [5.41, 5.74) is 5.69. The second-order valence-corrected chi connectivity index (χ2v) is 6.53. The number of hydrogen-bond acceptors (Lipinski definition) is 0. The van der Waals surface area contributed by atoms with E-state index in [2.05, 4.69) is 98.8 Å². The van der Waals surface area contributed by atoms with Gasteiger partial charge in [-0.1, -0.05) is 98.8 Å². The van der Waals surface area contributed by atoms with Crippen LogP contribution in [-0.2, 0) is 10.8 Å². The molecule has 0 aromatic heterocycles. The minimum absolute atomic E-state index is 0.00616. The lowest BCUT2D eigenvalue weighted by Gasteiger charge is -2.58. The maximum atomic E-state index is 2.39. The van der Waals surface area contributed by atoms with Crippen LogP contribution in [0.4, 0.5) is 0 Å².